The highest BCUT2D eigenvalue weighted by molar-refractivity contribution is 5.78. The van der Waals surface area contributed by atoms with Crippen LogP contribution in [0.25, 0.3) is 24.3 Å². The first-order valence-corrected chi connectivity index (χ1v) is 15.6. The molecule has 0 amide bonds. The number of aromatic nitrogens is 2. The molecule has 0 saturated carbocycles. The van der Waals surface area contributed by atoms with Crippen LogP contribution in [0.1, 0.15) is 113 Å². The monoisotopic (exact) mass is 544 g/mol. The van der Waals surface area contributed by atoms with E-state index in [1.54, 1.807) is 0 Å². The van der Waals surface area contributed by atoms with E-state index in [-0.39, 0.29) is 0 Å². The van der Waals surface area contributed by atoms with Crippen molar-refractivity contribution >= 4 is 24.3 Å². The number of hydrogen-bond donors (Lipinski definition) is 0. The lowest BCUT2D eigenvalue weighted by Crippen LogP contribution is -2.03. The summed E-state index contributed by atoms with van der Waals surface area (Å²) in [5.41, 5.74) is 4.43. The standard InChI is InChI=1S/C36H52N2O2/c1-5-7-9-11-13-15-27-39-35-29-32(22-24-34-20-18-26-38(34)4)36(40-28-16-14-12-10-8-6-2)30-31(35)21-23-33-19-17-25-37(33)3/h17-26,29-30H,5-16,27-28H2,1-4H3/b23-21+,24-22+. The lowest BCUT2D eigenvalue weighted by molar-refractivity contribution is 0.295. The summed E-state index contributed by atoms with van der Waals surface area (Å²) >= 11 is 0. The Morgan fingerprint density at radius 1 is 0.550 bits per heavy atom. The van der Waals surface area contributed by atoms with E-state index in [1.807, 2.05) is 0 Å². The molecule has 0 saturated heterocycles. The Bertz CT molecular complexity index is 1080. The first-order valence-electron chi connectivity index (χ1n) is 15.6. The molecule has 0 aliphatic heterocycles. The molecular weight excluding hydrogens is 492 g/mol. The molecule has 0 bridgehead atoms. The molecule has 4 heteroatoms. The number of aryl methyl sites for hydroxylation is 2. The van der Waals surface area contributed by atoms with Crippen LogP contribution in [0.15, 0.2) is 48.8 Å². The molecule has 0 fully saturated rings. The quantitative estimate of drug-likeness (QED) is 0.132. The van der Waals surface area contributed by atoms with Crippen molar-refractivity contribution in [2.45, 2.75) is 90.9 Å². The average Bonchev–Trinajstić information content (AvgIpc) is 3.57. The molecule has 0 atom stereocenters. The maximum absolute atomic E-state index is 6.43. The predicted octanol–water partition coefficient (Wildman–Crippen LogP) is 10.2. The Hall–Kier alpha value is -3.14. The Balaban J connectivity index is 1.81. The zero-order valence-corrected chi connectivity index (χ0v) is 25.5. The third-order valence-corrected chi connectivity index (χ3v) is 7.49. The molecular formula is C36H52N2O2. The van der Waals surface area contributed by atoms with E-state index in [0.717, 1.165) is 60.1 Å². The Labute approximate surface area is 243 Å². The van der Waals surface area contributed by atoms with Crippen molar-refractivity contribution in [1.82, 2.24) is 9.13 Å². The molecule has 3 rings (SSSR count). The fourth-order valence-electron chi connectivity index (χ4n) is 4.88. The maximum Gasteiger partial charge on any atom is 0.127 e. The third-order valence-electron chi connectivity index (χ3n) is 7.49. The van der Waals surface area contributed by atoms with Gasteiger partial charge in [-0.15, -0.1) is 0 Å². The van der Waals surface area contributed by atoms with Gasteiger partial charge in [-0.1, -0.05) is 78.1 Å². The van der Waals surface area contributed by atoms with Gasteiger partial charge in [0.25, 0.3) is 0 Å². The van der Waals surface area contributed by atoms with Crippen LogP contribution in [0, 0.1) is 0 Å². The van der Waals surface area contributed by atoms with Crippen LogP contribution in [-0.4, -0.2) is 22.3 Å². The fourth-order valence-corrected chi connectivity index (χ4v) is 4.88. The summed E-state index contributed by atoms with van der Waals surface area (Å²) in [6.45, 7) is 5.99. The van der Waals surface area contributed by atoms with E-state index in [9.17, 15) is 0 Å². The topological polar surface area (TPSA) is 28.3 Å². The lowest BCUT2D eigenvalue weighted by Gasteiger charge is -2.16. The van der Waals surface area contributed by atoms with Crippen molar-refractivity contribution in [2.24, 2.45) is 14.1 Å². The number of rotatable bonds is 20. The molecule has 2 aromatic heterocycles. The van der Waals surface area contributed by atoms with E-state index in [4.69, 9.17) is 9.47 Å². The van der Waals surface area contributed by atoms with Crippen molar-refractivity contribution in [3.8, 4) is 11.5 Å². The molecule has 0 aliphatic carbocycles. The van der Waals surface area contributed by atoms with Gasteiger partial charge in [-0.2, -0.15) is 0 Å². The molecule has 3 aromatic rings. The number of hydrogen-bond acceptors (Lipinski definition) is 2. The highest BCUT2D eigenvalue weighted by Crippen LogP contribution is 2.33. The molecule has 40 heavy (non-hydrogen) atoms. The Morgan fingerprint density at radius 2 is 0.950 bits per heavy atom. The van der Waals surface area contributed by atoms with Gasteiger partial charge in [0.2, 0.25) is 0 Å². The zero-order chi connectivity index (χ0) is 28.4. The third kappa shape index (κ3) is 10.8. The second-order valence-corrected chi connectivity index (χ2v) is 10.9. The van der Waals surface area contributed by atoms with Crippen LogP contribution < -0.4 is 9.47 Å². The van der Waals surface area contributed by atoms with E-state index < -0.39 is 0 Å². The first-order chi connectivity index (χ1) is 19.6. The molecule has 218 valence electrons. The summed E-state index contributed by atoms with van der Waals surface area (Å²) in [4.78, 5) is 0. The largest absolute Gasteiger partial charge is 0.493 e. The molecule has 0 unspecified atom stereocenters. The summed E-state index contributed by atoms with van der Waals surface area (Å²) < 4.78 is 17.1. The van der Waals surface area contributed by atoms with Crippen LogP contribution in [-0.2, 0) is 14.1 Å². The zero-order valence-electron chi connectivity index (χ0n) is 25.5. The number of ether oxygens (including phenoxy) is 2. The average molecular weight is 545 g/mol. The van der Waals surface area contributed by atoms with Crippen molar-refractivity contribution in [2.75, 3.05) is 13.2 Å². The van der Waals surface area contributed by atoms with Crippen LogP contribution in [0.2, 0.25) is 0 Å². The van der Waals surface area contributed by atoms with Gasteiger partial charge in [0.1, 0.15) is 11.5 Å². The van der Waals surface area contributed by atoms with Gasteiger partial charge in [-0.3, -0.25) is 0 Å². The molecule has 4 nitrogen and oxygen atoms in total. The predicted molar refractivity (Wildman–Crippen MR) is 173 cm³/mol. The summed E-state index contributed by atoms with van der Waals surface area (Å²) in [5.74, 6) is 1.83. The SMILES string of the molecule is CCCCCCCCOc1cc(/C=C/c2cccn2C)c(OCCCCCCCC)cc1/C=C/c1cccn1C. The fraction of sp³-hybridized carbons (Fsp3) is 0.500. The van der Waals surface area contributed by atoms with Gasteiger partial charge in [0.05, 0.1) is 13.2 Å². The van der Waals surface area contributed by atoms with Crippen molar-refractivity contribution in [3.05, 3.63) is 71.3 Å². The number of nitrogens with zero attached hydrogens (tertiary/aromatic N) is 2. The second-order valence-electron chi connectivity index (χ2n) is 10.9. The minimum Gasteiger partial charge on any atom is -0.493 e. The van der Waals surface area contributed by atoms with Crippen LogP contribution in [0.5, 0.6) is 11.5 Å². The minimum absolute atomic E-state index is 0.732. The van der Waals surface area contributed by atoms with Crippen molar-refractivity contribution in [3.63, 3.8) is 0 Å². The van der Waals surface area contributed by atoms with Gasteiger partial charge in [0, 0.05) is 49.0 Å². The van der Waals surface area contributed by atoms with Crippen molar-refractivity contribution < 1.29 is 9.47 Å². The Morgan fingerprint density at radius 3 is 1.32 bits per heavy atom. The number of benzene rings is 1. The van der Waals surface area contributed by atoms with Gasteiger partial charge in [-0.05, 0) is 73.5 Å². The molecule has 0 N–H and O–H groups in total. The molecule has 2 heterocycles. The highest BCUT2D eigenvalue weighted by atomic mass is 16.5. The van der Waals surface area contributed by atoms with Gasteiger partial charge < -0.3 is 18.6 Å². The first kappa shape index (κ1) is 31.4. The van der Waals surface area contributed by atoms with Crippen LogP contribution in [0.4, 0.5) is 0 Å². The Kier molecular flexibility index (Phi) is 14.3. The number of unbranched alkanes of at least 4 members (excludes halogenated alkanes) is 10. The summed E-state index contributed by atoms with van der Waals surface area (Å²) in [5, 5.41) is 0. The molecule has 0 aliphatic rings. The summed E-state index contributed by atoms with van der Waals surface area (Å²) in [6, 6.07) is 12.7. The maximum atomic E-state index is 6.43. The van der Waals surface area contributed by atoms with E-state index >= 15 is 0 Å². The summed E-state index contributed by atoms with van der Waals surface area (Å²) in [6.07, 6.45) is 27.8. The van der Waals surface area contributed by atoms with Crippen LogP contribution in [0.3, 0.4) is 0 Å². The normalized spacial score (nSPS) is 11.7. The van der Waals surface area contributed by atoms with Gasteiger partial charge >= 0.3 is 0 Å². The van der Waals surface area contributed by atoms with Gasteiger partial charge in [0.15, 0.2) is 0 Å². The van der Waals surface area contributed by atoms with E-state index in [1.165, 1.54) is 64.2 Å². The van der Waals surface area contributed by atoms with Crippen LogP contribution >= 0.6 is 0 Å². The van der Waals surface area contributed by atoms with E-state index in [2.05, 4.69) is 110 Å². The smallest absolute Gasteiger partial charge is 0.127 e. The second kappa shape index (κ2) is 18.3. The minimum atomic E-state index is 0.732. The molecule has 1 aromatic carbocycles. The summed E-state index contributed by atoms with van der Waals surface area (Å²) in [7, 11) is 4.14. The highest BCUT2D eigenvalue weighted by Gasteiger charge is 2.11. The molecule has 0 spiro atoms. The van der Waals surface area contributed by atoms with Crippen molar-refractivity contribution in [1.29, 1.82) is 0 Å². The van der Waals surface area contributed by atoms with Gasteiger partial charge in [-0.25, -0.2) is 0 Å². The lowest BCUT2D eigenvalue weighted by atomic mass is 10.1. The molecule has 0 radical (unpaired) electrons. The van der Waals surface area contributed by atoms with E-state index in [0.29, 0.717) is 0 Å².